The fraction of sp³-hybridized carbons (Fsp3) is 0.533. The number of nitrogens with two attached hydrogens (primary N) is 1. The van der Waals surface area contributed by atoms with Crippen LogP contribution in [0.15, 0.2) is 24.3 Å². The molecule has 0 unspecified atom stereocenters. The van der Waals surface area contributed by atoms with E-state index in [1.807, 2.05) is 45.0 Å². The molecule has 0 bridgehead atoms. The SMILES string of the molecule is CC(C)(C)OC(=O)C1(c2ccc(CN)cc2)CC1. The van der Waals surface area contributed by atoms with E-state index >= 15 is 0 Å². The van der Waals surface area contributed by atoms with Gasteiger partial charge in [0.15, 0.2) is 0 Å². The number of carbonyl (C=O) groups excluding carboxylic acids is 1. The summed E-state index contributed by atoms with van der Waals surface area (Å²) in [6, 6.07) is 7.97. The van der Waals surface area contributed by atoms with E-state index in [1.54, 1.807) is 0 Å². The van der Waals surface area contributed by atoms with E-state index in [4.69, 9.17) is 10.5 Å². The minimum absolute atomic E-state index is 0.101. The van der Waals surface area contributed by atoms with Crippen LogP contribution in [-0.4, -0.2) is 11.6 Å². The van der Waals surface area contributed by atoms with E-state index in [-0.39, 0.29) is 5.97 Å². The average Bonchev–Trinajstić information content (AvgIpc) is 3.08. The van der Waals surface area contributed by atoms with Gasteiger partial charge in [-0.3, -0.25) is 4.79 Å². The van der Waals surface area contributed by atoms with Crippen LogP contribution in [0.25, 0.3) is 0 Å². The maximum atomic E-state index is 12.3. The quantitative estimate of drug-likeness (QED) is 0.835. The van der Waals surface area contributed by atoms with Crippen LogP contribution in [0.3, 0.4) is 0 Å². The maximum Gasteiger partial charge on any atom is 0.317 e. The van der Waals surface area contributed by atoms with Crippen LogP contribution in [0.2, 0.25) is 0 Å². The highest BCUT2D eigenvalue weighted by Gasteiger charge is 2.53. The molecule has 3 heteroatoms. The second-order valence-corrected chi connectivity index (χ2v) is 5.99. The zero-order valence-corrected chi connectivity index (χ0v) is 11.3. The van der Waals surface area contributed by atoms with Crippen molar-refractivity contribution in [3.63, 3.8) is 0 Å². The minimum atomic E-state index is -0.427. The molecule has 0 atom stereocenters. The topological polar surface area (TPSA) is 52.3 Å². The number of esters is 1. The predicted molar refractivity (Wildman–Crippen MR) is 71.1 cm³/mol. The Balaban J connectivity index is 2.18. The second kappa shape index (κ2) is 4.39. The minimum Gasteiger partial charge on any atom is -0.459 e. The summed E-state index contributed by atoms with van der Waals surface area (Å²) in [5, 5.41) is 0. The Labute approximate surface area is 108 Å². The highest BCUT2D eigenvalue weighted by molar-refractivity contribution is 5.86. The molecule has 0 saturated heterocycles. The molecule has 0 aromatic heterocycles. The van der Waals surface area contributed by atoms with Crippen molar-refractivity contribution >= 4 is 5.97 Å². The molecule has 2 rings (SSSR count). The van der Waals surface area contributed by atoms with E-state index in [9.17, 15) is 4.79 Å². The van der Waals surface area contributed by atoms with Crippen LogP contribution in [0, 0.1) is 0 Å². The van der Waals surface area contributed by atoms with Gasteiger partial charge in [0.25, 0.3) is 0 Å². The van der Waals surface area contributed by atoms with Gasteiger partial charge in [-0.1, -0.05) is 24.3 Å². The van der Waals surface area contributed by atoms with E-state index in [1.165, 1.54) is 0 Å². The van der Waals surface area contributed by atoms with E-state index in [0.717, 1.165) is 24.0 Å². The summed E-state index contributed by atoms with van der Waals surface area (Å²) in [5.41, 5.74) is 6.88. The third kappa shape index (κ3) is 2.56. The summed E-state index contributed by atoms with van der Waals surface area (Å²) in [7, 11) is 0. The van der Waals surface area contributed by atoms with Crippen molar-refractivity contribution < 1.29 is 9.53 Å². The van der Waals surface area contributed by atoms with Crippen LogP contribution < -0.4 is 5.73 Å². The third-order valence-electron chi connectivity index (χ3n) is 3.28. The first-order valence-electron chi connectivity index (χ1n) is 6.40. The number of carbonyl (C=O) groups is 1. The molecule has 1 aromatic carbocycles. The summed E-state index contributed by atoms with van der Waals surface area (Å²) in [5.74, 6) is -0.101. The van der Waals surface area contributed by atoms with Crippen molar-refractivity contribution in [1.29, 1.82) is 0 Å². The zero-order chi connectivity index (χ0) is 13.4. The van der Waals surface area contributed by atoms with E-state index in [2.05, 4.69) is 0 Å². The third-order valence-corrected chi connectivity index (χ3v) is 3.28. The van der Waals surface area contributed by atoms with Gasteiger partial charge < -0.3 is 10.5 Å². The molecular formula is C15H21NO2. The molecule has 1 aliphatic rings. The molecule has 0 heterocycles. The molecule has 18 heavy (non-hydrogen) atoms. The Bertz CT molecular complexity index is 439. The molecule has 0 spiro atoms. The molecule has 0 aliphatic heterocycles. The molecule has 2 N–H and O–H groups in total. The summed E-state index contributed by atoms with van der Waals surface area (Å²) in [6.07, 6.45) is 1.76. The maximum absolute atomic E-state index is 12.3. The second-order valence-electron chi connectivity index (χ2n) is 5.99. The number of ether oxygens (including phenoxy) is 1. The summed E-state index contributed by atoms with van der Waals surface area (Å²) < 4.78 is 5.51. The first-order valence-corrected chi connectivity index (χ1v) is 6.40. The van der Waals surface area contributed by atoms with Crippen molar-refractivity contribution in [1.82, 2.24) is 0 Å². The predicted octanol–water partition coefficient (Wildman–Crippen LogP) is 2.52. The molecular weight excluding hydrogens is 226 g/mol. The van der Waals surface area contributed by atoms with Gasteiger partial charge in [-0.15, -0.1) is 0 Å². The normalized spacial score (nSPS) is 17.3. The Hall–Kier alpha value is -1.35. The van der Waals surface area contributed by atoms with Gasteiger partial charge in [0.2, 0.25) is 0 Å². The summed E-state index contributed by atoms with van der Waals surface area (Å²) in [4.78, 5) is 12.3. The molecule has 1 aliphatic carbocycles. The van der Waals surface area contributed by atoms with Crippen molar-refractivity contribution in [2.75, 3.05) is 0 Å². The number of rotatable bonds is 3. The molecule has 3 nitrogen and oxygen atoms in total. The van der Waals surface area contributed by atoms with Crippen molar-refractivity contribution in [3.05, 3.63) is 35.4 Å². The molecule has 0 radical (unpaired) electrons. The lowest BCUT2D eigenvalue weighted by Crippen LogP contribution is -2.31. The van der Waals surface area contributed by atoms with Gasteiger partial charge in [-0.05, 0) is 44.7 Å². The smallest absolute Gasteiger partial charge is 0.317 e. The van der Waals surface area contributed by atoms with Crippen LogP contribution in [0.1, 0.15) is 44.7 Å². The van der Waals surface area contributed by atoms with Crippen molar-refractivity contribution in [2.24, 2.45) is 5.73 Å². The zero-order valence-electron chi connectivity index (χ0n) is 11.3. The van der Waals surface area contributed by atoms with Gasteiger partial charge in [-0.25, -0.2) is 0 Å². The Morgan fingerprint density at radius 1 is 1.28 bits per heavy atom. The van der Waals surface area contributed by atoms with Gasteiger partial charge in [-0.2, -0.15) is 0 Å². The molecule has 1 saturated carbocycles. The van der Waals surface area contributed by atoms with Gasteiger partial charge >= 0.3 is 5.97 Å². The number of hydrogen-bond acceptors (Lipinski definition) is 3. The van der Waals surface area contributed by atoms with Crippen LogP contribution in [0.5, 0.6) is 0 Å². The highest BCUT2D eigenvalue weighted by Crippen LogP contribution is 2.49. The monoisotopic (exact) mass is 247 g/mol. The lowest BCUT2D eigenvalue weighted by molar-refractivity contribution is -0.158. The Morgan fingerprint density at radius 2 is 1.83 bits per heavy atom. The first-order chi connectivity index (χ1) is 8.37. The molecule has 0 amide bonds. The average molecular weight is 247 g/mol. The van der Waals surface area contributed by atoms with Gasteiger partial charge in [0.1, 0.15) is 5.60 Å². The van der Waals surface area contributed by atoms with Gasteiger partial charge in [0.05, 0.1) is 5.41 Å². The van der Waals surface area contributed by atoms with Crippen molar-refractivity contribution in [3.8, 4) is 0 Å². The molecule has 98 valence electrons. The van der Waals surface area contributed by atoms with Crippen molar-refractivity contribution in [2.45, 2.75) is 51.2 Å². The Morgan fingerprint density at radius 3 is 2.22 bits per heavy atom. The van der Waals surface area contributed by atoms with E-state index < -0.39 is 11.0 Å². The first kappa shape index (κ1) is 13.1. The van der Waals surface area contributed by atoms with Crippen LogP contribution in [-0.2, 0) is 21.5 Å². The number of benzene rings is 1. The van der Waals surface area contributed by atoms with Crippen LogP contribution in [0.4, 0.5) is 0 Å². The summed E-state index contributed by atoms with van der Waals surface area (Å²) in [6.45, 7) is 6.23. The molecule has 1 fully saturated rings. The number of hydrogen-bond donors (Lipinski definition) is 1. The Kier molecular flexibility index (Phi) is 3.20. The largest absolute Gasteiger partial charge is 0.459 e. The lowest BCUT2D eigenvalue weighted by Gasteiger charge is -2.24. The van der Waals surface area contributed by atoms with E-state index in [0.29, 0.717) is 6.54 Å². The fourth-order valence-corrected chi connectivity index (χ4v) is 2.07. The summed E-state index contributed by atoms with van der Waals surface area (Å²) >= 11 is 0. The lowest BCUT2D eigenvalue weighted by atomic mass is 9.95. The standard InChI is InChI=1S/C15H21NO2/c1-14(2,3)18-13(17)15(8-9-15)12-6-4-11(10-16)5-7-12/h4-7H,8-10,16H2,1-3H3. The van der Waals surface area contributed by atoms with Crippen LogP contribution >= 0.6 is 0 Å². The highest BCUT2D eigenvalue weighted by atomic mass is 16.6. The van der Waals surface area contributed by atoms with Gasteiger partial charge in [0, 0.05) is 6.54 Å². The molecule has 1 aromatic rings. The fourth-order valence-electron chi connectivity index (χ4n) is 2.07.